The third-order valence-electron chi connectivity index (χ3n) is 4.99. The van der Waals surface area contributed by atoms with E-state index in [0.717, 1.165) is 5.57 Å². The highest BCUT2D eigenvalue weighted by molar-refractivity contribution is 14.1. The van der Waals surface area contributed by atoms with E-state index in [0.29, 0.717) is 0 Å². The van der Waals surface area contributed by atoms with Crippen molar-refractivity contribution in [2.45, 2.75) is 26.7 Å². The smallest absolute Gasteiger partial charge is 0.199 e. The summed E-state index contributed by atoms with van der Waals surface area (Å²) in [6, 6.07) is 15.6. The third kappa shape index (κ3) is 3.19. The zero-order valence-corrected chi connectivity index (χ0v) is 18.2. The average molecular weight is 514 g/mol. The fourth-order valence-electron chi connectivity index (χ4n) is 3.52. The molecule has 0 saturated heterocycles. The van der Waals surface area contributed by atoms with Crippen molar-refractivity contribution in [1.29, 1.82) is 0 Å². The molecule has 0 aliphatic heterocycles. The summed E-state index contributed by atoms with van der Waals surface area (Å²) in [5.41, 5.74) is 0.768. The van der Waals surface area contributed by atoms with Gasteiger partial charge in [0.2, 0.25) is 0 Å². The Labute approximate surface area is 174 Å². The lowest BCUT2D eigenvalue weighted by Gasteiger charge is -2.29. The minimum atomic E-state index is -4.17. The molecule has 1 aliphatic rings. The molecule has 1 atom stereocenters. The average Bonchev–Trinajstić information content (AvgIpc) is 3.11. The second-order valence-corrected chi connectivity index (χ2v) is 11.9. The van der Waals surface area contributed by atoms with Crippen LogP contribution < -0.4 is 0 Å². The van der Waals surface area contributed by atoms with Gasteiger partial charge in [0.1, 0.15) is 0 Å². The van der Waals surface area contributed by atoms with Crippen LogP contribution in [0.5, 0.6) is 0 Å². The van der Waals surface area contributed by atoms with E-state index >= 15 is 0 Å². The minimum absolute atomic E-state index is 0.0158. The van der Waals surface area contributed by atoms with Crippen molar-refractivity contribution in [2.75, 3.05) is 0 Å². The first-order chi connectivity index (χ1) is 12.8. The molecule has 0 N–H and O–H groups in total. The molecular weight excluding hydrogens is 495 g/mol. The van der Waals surface area contributed by atoms with Gasteiger partial charge >= 0.3 is 0 Å². The second kappa shape index (κ2) is 7.52. The highest BCUT2D eigenvalue weighted by atomic mass is 127. The fourth-order valence-corrected chi connectivity index (χ4v) is 9.33. The van der Waals surface area contributed by atoms with E-state index < -0.39 is 23.8 Å². The molecule has 2 aromatic carbocycles. The Kier molecular flexibility index (Phi) is 5.65. The van der Waals surface area contributed by atoms with Gasteiger partial charge < -0.3 is 0 Å². The Morgan fingerprint density at radius 2 is 1.33 bits per heavy atom. The topological polar surface area (TPSA) is 68.3 Å². The third-order valence-corrected chi connectivity index (χ3v) is 11.5. The van der Waals surface area contributed by atoms with Crippen LogP contribution in [0, 0.1) is 5.92 Å². The lowest BCUT2D eigenvalue weighted by molar-refractivity contribution is 0.535. The predicted molar refractivity (Wildman–Crippen MR) is 115 cm³/mol. The standard InChI is InChI=1S/C20H19IO4S2/c1-2-16-13-20(14-17(16)15-21,26(22,23)18-9-5-3-6-10-18)27(24,25)19-11-7-4-8-12-19/h2-12,15-16H,1,13-14H2/b17-15-. The molecule has 4 nitrogen and oxygen atoms in total. The van der Waals surface area contributed by atoms with Crippen LogP contribution >= 0.6 is 22.6 Å². The van der Waals surface area contributed by atoms with E-state index in [1.807, 2.05) is 22.6 Å². The molecule has 0 bridgehead atoms. The lowest BCUT2D eigenvalue weighted by Crippen LogP contribution is -2.44. The van der Waals surface area contributed by atoms with Crippen molar-refractivity contribution in [1.82, 2.24) is 0 Å². The first kappa shape index (κ1) is 20.3. The number of hydrogen-bond acceptors (Lipinski definition) is 4. The van der Waals surface area contributed by atoms with Gasteiger partial charge in [0.05, 0.1) is 9.79 Å². The molecule has 2 aromatic rings. The molecule has 7 heteroatoms. The Bertz CT molecular complexity index is 1000. The molecule has 0 spiro atoms. The Morgan fingerprint density at radius 3 is 1.67 bits per heavy atom. The largest absolute Gasteiger partial charge is 0.222 e. The summed E-state index contributed by atoms with van der Waals surface area (Å²) in [6.07, 6.45) is 1.52. The first-order valence-electron chi connectivity index (χ1n) is 8.31. The second-order valence-electron chi connectivity index (χ2n) is 6.45. The predicted octanol–water partition coefficient (Wildman–Crippen LogP) is 4.55. The van der Waals surface area contributed by atoms with E-state index in [2.05, 4.69) is 6.58 Å². The van der Waals surface area contributed by atoms with Crippen LogP contribution in [0.1, 0.15) is 12.8 Å². The van der Waals surface area contributed by atoms with Gasteiger partial charge in [-0.2, -0.15) is 0 Å². The summed E-state index contributed by atoms with van der Waals surface area (Å²) in [5, 5.41) is 0. The lowest BCUT2D eigenvalue weighted by atomic mass is 10.1. The van der Waals surface area contributed by atoms with Crippen LogP contribution in [0.3, 0.4) is 0 Å². The quantitative estimate of drug-likeness (QED) is 0.434. The molecule has 1 fully saturated rings. The molecule has 1 aliphatic carbocycles. The van der Waals surface area contributed by atoms with Crippen molar-refractivity contribution in [2.24, 2.45) is 5.92 Å². The van der Waals surface area contributed by atoms with Gasteiger partial charge in [-0.15, -0.1) is 6.58 Å². The van der Waals surface area contributed by atoms with E-state index in [-0.39, 0.29) is 28.6 Å². The summed E-state index contributed by atoms with van der Waals surface area (Å²) in [5.74, 6) is -0.307. The Morgan fingerprint density at radius 1 is 0.889 bits per heavy atom. The van der Waals surface area contributed by atoms with E-state index in [1.165, 1.54) is 24.3 Å². The van der Waals surface area contributed by atoms with Crippen LogP contribution in [-0.4, -0.2) is 20.9 Å². The number of benzene rings is 2. The van der Waals surface area contributed by atoms with Gasteiger partial charge in [0.15, 0.2) is 23.8 Å². The maximum absolute atomic E-state index is 13.7. The minimum Gasteiger partial charge on any atom is -0.222 e. The first-order valence-corrected chi connectivity index (χ1v) is 12.5. The van der Waals surface area contributed by atoms with Gasteiger partial charge in [-0.25, -0.2) is 16.8 Å². The number of allylic oxidation sites excluding steroid dienone is 2. The van der Waals surface area contributed by atoms with Crippen LogP contribution in [-0.2, 0) is 19.7 Å². The molecule has 3 rings (SSSR count). The maximum atomic E-state index is 13.7. The summed E-state index contributed by atoms with van der Waals surface area (Å²) in [7, 11) is -8.34. The summed E-state index contributed by atoms with van der Waals surface area (Å²) in [6.45, 7) is 3.78. The monoisotopic (exact) mass is 514 g/mol. The number of rotatable bonds is 5. The van der Waals surface area contributed by atoms with Crippen molar-refractivity contribution in [3.63, 3.8) is 0 Å². The van der Waals surface area contributed by atoms with Crippen LogP contribution in [0.4, 0.5) is 0 Å². The van der Waals surface area contributed by atoms with Gasteiger partial charge in [-0.05, 0) is 34.8 Å². The normalized spacial score (nSPS) is 21.2. The molecular formula is C20H19IO4S2. The highest BCUT2D eigenvalue weighted by Crippen LogP contribution is 2.52. The summed E-state index contributed by atoms with van der Waals surface area (Å²) < 4.78 is 54.4. The van der Waals surface area contributed by atoms with Crippen molar-refractivity contribution < 1.29 is 16.8 Å². The van der Waals surface area contributed by atoms with Crippen molar-refractivity contribution in [3.8, 4) is 0 Å². The zero-order valence-electron chi connectivity index (χ0n) is 14.5. The van der Waals surface area contributed by atoms with Crippen molar-refractivity contribution in [3.05, 3.63) is 83.0 Å². The molecule has 0 amide bonds. The summed E-state index contributed by atoms with van der Waals surface area (Å²) in [4.78, 5) is 0.0315. The summed E-state index contributed by atoms with van der Waals surface area (Å²) >= 11 is 2.03. The Balaban J connectivity index is 2.32. The highest BCUT2D eigenvalue weighted by Gasteiger charge is 2.60. The molecule has 1 saturated carbocycles. The molecule has 0 aromatic heterocycles. The van der Waals surface area contributed by atoms with Gasteiger partial charge in [0, 0.05) is 12.3 Å². The number of hydrogen-bond donors (Lipinski definition) is 0. The van der Waals surface area contributed by atoms with E-state index in [9.17, 15) is 16.8 Å². The van der Waals surface area contributed by atoms with Gasteiger partial charge in [-0.3, -0.25) is 0 Å². The number of halogens is 1. The molecule has 0 radical (unpaired) electrons. The molecule has 142 valence electrons. The SMILES string of the molecule is C=CC1CC(S(=O)(=O)c2ccccc2)(S(=O)(=O)c2ccccc2)C/C1=C/I. The van der Waals surface area contributed by atoms with Crippen molar-refractivity contribution >= 4 is 42.3 Å². The molecule has 0 heterocycles. The fraction of sp³-hybridized carbons (Fsp3) is 0.200. The zero-order chi connectivity index (χ0) is 19.7. The van der Waals surface area contributed by atoms with E-state index in [1.54, 1.807) is 46.6 Å². The maximum Gasteiger partial charge on any atom is 0.199 e. The van der Waals surface area contributed by atoms with Crippen LogP contribution in [0.15, 0.2) is 92.8 Å². The number of sulfone groups is 2. The molecule has 1 unspecified atom stereocenters. The van der Waals surface area contributed by atoms with Gasteiger partial charge in [0.25, 0.3) is 0 Å². The van der Waals surface area contributed by atoms with Crippen LogP contribution in [0.25, 0.3) is 0 Å². The van der Waals surface area contributed by atoms with E-state index in [4.69, 9.17) is 0 Å². The Hall–Kier alpha value is -1.45. The van der Waals surface area contributed by atoms with Gasteiger partial charge in [-0.1, -0.05) is 70.6 Å². The van der Waals surface area contributed by atoms with Crippen LogP contribution in [0.2, 0.25) is 0 Å². The molecule has 27 heavy (non-hydrogen) atoms.